The van der Waals surface area contributed by atoms with E-state index < -0.39 is 465 Å². The van der Waals surface area contributed by atoms with Crippen molar-refractivity contribution in [1.82, 2.24) is 21.3 Å². The summed E-state index contributed by atoms with van der Waals surface area (Å²) in [5, 5.41) is 381. The van der Waals surface area contributed by atoms with Crippen LogP contribution in [0, 0.1) is 0 Å². The number of carbonyl (C=O) groups is 4. The molecule has 0 aromatic heterocycles. The number of hydrogen-bond acceptors (Lipinski definition) is 60. The SMILES string of the molecule is CC(=O)N[C@H]1[C@H](O[C@H]2[C@H](O)[C@@H](NC(C)=O)C(O)O[C@@H]2CO[C@@H]2O[C@@H](C)[C@@H](O)[C@@H](O)[C@@H]2O)O[C@H](CO)[C@@H](O[C@@H]2O[C@H](CO[C@H]3O[C@H](CO[C@H]4O[C@H](CO)[C@@H](O)[C@H](O)[C@@H]4O)[C@@H](O)[C@H](O[C@H]4O[C@H](CO)[C@@H](O)[C@H](O)[C@@H]4O)[C@@H]3O)[C@@H](O)[C@H](O[C@H]3O[C@H](CO)[C@@H](O[C@@H]4O[C@H](CO)[C@@H](O[C@@H]5O[C@H](CO)[C@H](O)[C@H](O)[C@H]5O)[C@H](O)[C@H]4NC(C)=O)[C@H](O)[C@@H]3O[C@@H]3O[C@H](CO)[C@@H](O[C@@H]4O[C@H](CO)[C@H](O)[C@H](O)[C@H]4O)[C@H](O)[C@H]3NC(C)=O)[C@@H]2O)[C@@H]1O. The van der Waals surface area contributed by atoms with Crippen LogP contribution in [-0.2, 0) is 128 Å². The van der Waals surface area contributed by atoms with Crippen molar-refractivity contribution in [3.05, 3.63) is 0 Å². The Labute approximate surface area is 814 Å². The summed E-state index contributed by atoms with van der Waals surface area (Å²) < 4.78 is 138. The first-order valence-electron chi connectivity index (χ1n) is 46.0. The van der Waals surface area contributed by atoms with Crippen molar-refractivity contribution in [3.8, 4) is 0 Å². The predicted octanol–water partition coefficient (Wildman–Crippen LogP) is -25.6. The van der Waals surface area contributed by atoms with Gasteiger partial charge in [0.2, 0.25) is 23.6 Å². The first-order chi connectivity index (χ1) is 68.1. The van der Waals surface area contributed by atoms with Crippen molar-refractivity contribution >= 4 is 23.6 Å². The van der Waals surface area contributed by atoms with Gasteiger partial charge in [-0.15, -0.1) is 0 Å². The molecule has 64 heteroatoms. The first-order valence-corrected chi connectivity index (χ1v) is 46.0. The molecule has 12 aliphatic heterocycles. The lowest BCUT2D eigenvalue weighted by molar-refractivity contribution is -0.406. The summed E-state index contributed by atoms with van der Waals surface area (Å²) in [5.74, 6) is -4.06. The second-order valence-electron chi connectivity index (χ2n) is 36.6. The van der Waals surface area contributed by atoms with Gasteiger partial charge in [-0.2, -0.15) is 0 Å². The fourth-order valence-electron chi connectivity index (χ4n) is 18.7. The topological polar surface area (TPSA) is 996 Å². The average molecular weight is 2110 g/mol. The molecular formula is C80H134N4O60. The highest BCUT2D eigenvalue weighted by molar-refractivity contribution is 5.74. The van der Waals surface area contributed by atoms with Gasteiger partial charge in [0.1, 0.15) is 287 Å². The molecule has 12 saturated heterocycles. The second-order valence-corrected chi connectivity index (χ2v) is 36.6. The van der Waals surface area contributed by atoms with Crippen LogP contribution in [0.2, 0.25) is 0 Å². The van der Waals surface area contributed by atoms with Gasteiger partial charge in [-0.25, -0.2) is 0 Å². The van der Waals surface area contributed by atoms with E-state index in [1.165, 1.54) is 6.92 Å². The van der Waals surface area contributed by atoms with E-state index in [0.29, 0.717) is 0 Å². The van der Waals surface area contributed by atoms with Crippen molar-refractivity contribution in [2.24, 2.45) is 0 Å². The zero-order valence-electron chi connectivity index (χ0n) is 77.2. The smallest absolute Gasteiger partial charge is 0.217 e. The highest BCUT2D eigenvalue weighted by Crippen LogP contribution is 2.43. The molecule has 60 atom stereocenters. The van der Waals surface area contributed by atoms with Gasteiger partial charge in [0.15, 0.2) is 75.5 Å². The van der Waals surface area contributed by atoms with Gasteiger partial charge in [0, 0.05) is 27.7 Å². The highest BCUT2D eigenvalue weighted by atomic mass is 16.8. The molecular weight excluding hydrogens is 1980 g/mol. The number of rotatable bonds is 37. The Kier molecular flexibility index (Phi) is 42.4. The molecule has 0 aliphatic carbocycles. The molecule has 0 bridgehead atoms. The molecule has 834 valence electrons. The van der Waals surface area contributed by atoms with Gasteiger partial charge in [0.25, 0.3) is 0 Å². The molecule has 0 radical (unpaired) electrons. The highest BCUT2D eigenvalue weighted by Gasteiger charge is 2.64. The molecule has 144 heavy (non-hydrogen) atoms. The van der Waals surface area contributed by atoms with Gasteiger partial charge in [0.05, 0.1) is 78.8 Å². The Morgan fingerprint density at radius 2 is 0.417 bits per heavy atom. The molecule has 1 unspecified atom stereocenters. The standard InChI is InChI=1S/C80H134N4O60/c1-17-37(97)48(108)53(113)73(125-17)124-16-32-65(44(104)33(69(121)126-32)81-18(2)93)138-71-35(83-20(4)95)46(106)63(28(12-91)132-71)141-79-60(120)67(43(103)31(136-79)15-123-75-59(119)66(142-78-57(117)52(112)41(101)25(9-88)130-78)42(102)30(135-75)14-122-74-54(114)49(109)38(98)22(6-85)127-74)143-80-68(144-72-36(84-21(5)96)47(107)62(27(11-90)133-72)140-77-56(116)51(111)40(100)24(8-87)129-77)58(118)64(29(13-92)134-80)137-70-34(82-19(3)94)45(105)61(26(10-89)131-70)139-76-55(115)50(110)39(99)23(7-86)128-76/h17,22-80,85-92,97-121H,6-16H2,1-5H3,(H,81,93)(H,82,94)(H,83,95)(H,84,96)/t17-,22+,23+,24+,25+,26+,27+,28+,29+,30+,31+,32+,33+,34+,35+,36+,37+,38+,39-,40-,41+,42+,43+,44+,45+,46+,47+,48+,49-,50-,51-,52-,53-,54-,55+,56+,57-,58-,59-,60-,61+,62+,63+,64+,65+,66-,67-,68-,69?,70-,71-,72-,73+,74-,75-,76-,77-,78+,79-,80+/m0/s1. The van der Waals surface area contributed by atoms with Crippen LogP contribution in [0.15, 0.2) is 0 Å². The summed E-state index contributed by atoms with van der Waals surface area (Å²) in [4.78, 5) is 52.8. The lowest BCUT2D eigenvalue weighted by Crippen LogP contribution is -2.71. The molecule has 12 rings (SSSR count). The molecule has 0 aromatic rings. The molecule has 12 fully saturated rings. The van der Waals surface area contributed by atoms with Crippen molar-refractivity contribution in [1.29, 1.82) is 0 Å². The van der Waals surface area contributed by atoms with Crippen LogP contribution >= 0.6 is 0 Å². The van der Waals surface area contributed by atoms with E-state index in [1.807, 2.05) is 0 Å². The van der Waals surface area contributed by atoms with E-state index in [4.69, 9.17) is 109 Å². The third-order valence-corrected chi connectivity index (χ3v) is 26.6. The molecule has 64 nitrogen and oxygen atoms in total. The number of aliphatic hydroxyl groups excluding tert-OH is 33. The summed E-state index contributed by atoms with van der Waals surface area (Å²) in [5.41, 5.74) is 0. The van der Waals surface area contributed by atoms with Gasteiger partial charge in [-0.05, 0) is 6.92 Å². The van der Waals surface area contributed by atoms with Crippen molar-refractivity contribution in [2.45, 2.75) is 403 Å². The van der Waals surface area contributed by atoms with Crippen LogP contribution in [-0.4, -0.2) is 633 Å². The molecule has 4 amide bonds. The van der Waals surface area contributed by atoms with Crippen LogP contribution in [0.3, 0.4) is 0 Å². The Bertz CT molecular complexity index is 3970. The maximum atomic E-state index is 13.5. The second kappa shape index (κ2) is 51.6. The van der Waals surface area contributed by atoms with E-state index in [9.17, 15) is 188 Å². The maximum Gasteiger partial charge on any atom is 0.217 e. The molecule has 0 spiro atoms. The lowest BCUT2D eigenvalue weighted by Gasteiger charge is -2.52. The summed E-state index contributed by atoms with van der Waals surface area (Å²) in [6.07, 6.45) is -122. The fraction of sp³-hybridized carbons (Fsp3) is 0.950. The van der Waals surface area contributed by atoms with Gasteiger partial charge < -0.3 is 299 Å². The minimum atomic E-state index is -2.81. The summed E-state index contributed by atoms with van der Waals surface area (Å²) in [6, 6.07) is -8.19. The van der Waals surface area contributed by atoms with Crippen LogP contribution in [0.25, 0.3) is 0 Å². The molecule has 12 aliphatic rings. The number of ether oxygens (including phenoxy) is 23. The van der Waals surface area contributed by atoms with E-state index in [2.05, 4.69) is 21.3 Å². The third-order valence-electron chi connectivity index (χ3n) is 26.6. The van der Waals surface area contributed by atoms with E-state index >= 15 is 0 Å². The average Bonchev–Trinajstić information content (AvgIpc) is 0.762. The number of hydrogen-bond donors (Lipinski definition) is 37. The van der Waals surface area contributed by atoms with Gasteiger partial charge >= 0.3 is 0 Å². The minimum absolute atomic E-state index is 0.855. The van der Waals surface area contributed by atoms with Gasteiger partial charge in [-0.3, -0.25) is 19.2 Å². The zero-order valence-corrected chi connectivity index (χ0v) is 77.2. The number of amides is 4. The van der Waals surface area contributed by atoms with Crippen molar-refractivity contribution in [2.75, 3.05) is 72.7 Å². The third kappa shape index (κ3) is 26.0. The molecule has 37 N–H and O–H groups in total. The monoisotopic (exact) mass is 2110 g/mol. The van der Waals surface area contributed by atoms with E-state index in [-0.39, 0.29) is 0 Å². The number of aliphatic hydroxyl groups is 33. The molecule has 12 heterocycles. The Balaban J connectivity index is 0.930. The maximum absolute atomic E-state index is 13.5. The summed E-state index contributed by atoms with van der Waals surface area (Å²) >= 11 is 0. The van der Waals surface area contributed by atoms with Crippen LogP contribution in [0.4, 0.5) is 0 Å². The van der Waals surface area contributed by atoms with Gasteiger partial charge in [-0.1, -0.05) is 0 Å². The molecule has 0 saturated carbocycles. The van der Waals surface area contributed by atoms with Crippen LogP contribution < -0.4 is 21.3 Å². The van der Waals surface area contributed by atoms with Crippen molar-refractivity contribution < 1.29 is 297 Å². The Morgan fingerprint density at radius 3 is 0.764 bits per heavy atom. The summed E-state index contributed by atoms with van der Waals surface area (Å²) in [6.45, 7) is -7.98. The Morgan fingerprint density at radius 1 is 0.194 bits per heavy atom. The Hall–Kier alpha value is -4.36. The largest absolute Gasteiger partial charge is 0.394 e. The normalized spacial score (nSPS) is 50.4. The van der Waals surface area contributed by atoms with E-state index in [1.54, 1.807) is 0 Å². The zero-order chi connectivity index (χ0) is 106. The fourth-order valence-corrected chi connectivity index (χ4v) is 18.7. The lowest BCUT2D eigenvalue weighted by atomic mass is 9.93. The quantitative estimate of drug-likeness (QED) is 0.0275. The summed E-state index contributed by atoms with van der Waals surface area (Å²) in [7, 11) is 0. The van der Waals surface area contributed by atoms with Crippen molar-refractivity contribution in [3.63, 3.8) is 0 Å². The first kappa shape index (κ1) is 118. The van der Waals surface area contributed by atoms with Crippen LogP contribution in [0.1, 0.15) is 34.6 Å². The van der Waals surface area contributed by atoms with E-state index in [0.717, 1.165) is 27.7 Å². The number of nitrogens with one attached hydrogen (secondary N) is 4. The van der Waals surface area contributed by atoms with Crippen LogP contribution in [0.5, 0.6) is 0 Å². The predicted molar refractivity (Wildman–Crippen MR) is 440 cm³/mol. The number of carbonyl (C=O) groups excluding carboxylic acids is 4. The molecule has 0 aromatic carbocycles. The minimum Gasteiger partial charge on any atom is -0.394 e.